The van der Waals surface area contributed by atoms with Crippen molar-refractivity contribution in [3.8, 4) is 0 Å². The first-order valence-corrected chi connectivity index (χ1v) is 9.89. The Bertz CT molecular complexity index is 1100. The molecule has 1 amide bonds. The van der Waals surface area contributed by atoms with Gasteiger partial charge in [0.2, 0.25) is 5.91 Å². The number of carbonyl (C=O) groups is 1. The molecule has 2 aliphatic rings. The quantitative estimate of drug-likeness (QED) is 0.732. The van der Waals surface area contributed by atoms with E-state index in [1.165, 1.54) is 0 Å². The number of nitrogens with zero attached hydrogens (tertiary/aromatic N) is 2. The van der Waals surface area contributed by atoms with Crippen LogP contribution < -0.4 is 11.3 Å². The minimum atomic E-state index is -0.559. The Morgan fingerprint density at radius 2 is 2.00 bits per heavy atom. The first-order valence-electron chi connectivity index (χ1n) is 9.89. The van der Waals surface area contributed by atoms with Crippen LogP contribution in [0.4, 0.5) is 0 Å². The highest BCUT2D eigenvalue weighted by Gasteiger charge is 2.37. The zero-order valence-corrected chi connectivity index (χ0v) is 15.7. The molecule has 1 saturated heterocycles. The highest BCUT2D eigenvalue weighted by atomic mass is 16.2. The molecule has 0 aliphatic carbocycles. The highest BCUT2D eigenvalue weighted by Crippen LogP contribution is 2.35. The van der Waals surface area contributed by atoms with Crippen LogP contribution in [0.25, 0.3) is 10.9 Å². The van der Waals surface area contributed by atoms with Gasteiger partial charge in [-0.15, -0.1) is 0 Å². The van der Waals surface area contributed by atoms with Gasteiger partial charge in [-0.05, 0) is 36.5 Å². The van der Waals surface area contributed by atoms with Gasteiger partial charge in [0.1, 0.15) is 0 Å². The standard InChI is InChI=1S/C22H24N4O2/c23-18(9-15-10-24-19-5-2-1-4-17(15)19)22(28)25-11-14-8-16(13-25)20-6-3-7-21(27)26(20)12-14/h1-7,10,14,16,18,24H,8-9,11-13,23H2. The van der Waals surface area contributed by atoms with E-state index in [1.54, 1.807) is 6.07 Å². The monoisotopic (exact) mass is 376 g/mol. The summed E-state index contributed by atoms with van der Waals surface area (Å²) >= 11 is 0. The molecule has 3 N–H and O–H groups in total. The molecular weight excluding hydrogens is 352 g/mol. The summed E-state index contributed by atoms with van der Waals surface area (Å²) in [6, 6.07) is 13.0. The van der Waals surface area contributed by atoms with Crippen LogP contribution in [0.5, 0.6) is 0 Å². The van der Waals surface area contributed by atoms with Gasteiger partial charge in [0.15, 0.2) is 0 Å². The van der Waals surface area contributed by atoms with Gasteiger partial charge in [0.25, 0.3) is 5.56 Å². The largest absolute Gasteiger partial charge is 0.361 e. The number of fused-ring (bicyclic) bond motifs is 5. The van der Waals surface area contributed by atoms with E-state index in [-0.39, 0.29) is 17.4 Å². The Morgan fingerprint density at radius 3 is 2.89 bits per heavy atom. The average Bonchev–Trinajstić information content (AvgIpc) is 3.11. The van der Waals surface area contributed by atoms with Crippen LogP contribution in [-0.4, -0.2) is 39.5 Å². The van der Waals surface area contributed by atoms with Crippen LogP contribution >= 0.6 is 0 Å². The molecule has 5 rings (SSSR count). The van der Waals surface area contributed by atoms with E-state index in [0.29, 0.717) is 32.0 Å². The third kappa shape index (κ3) is 2.85. The molecule has 0 radical (unpaired) electrons. The highest BCUT2D eigenvalue weighted by molar-refractivity contribution is 5.86. The number of likely N-dealkylation sites (tertiary alicyclic amines) is 1. The van der Waals surface area contributed by atoms with Crippen LogP contribution in [0.1, 0.15) is 23.6 Å². The summed E-state index contributed by atoms with van der Waals surface area (Å²) in [5.74, 6) is 0.535. The maximum absolute atomic E-state index is 13.1. The number of aromatic nitrogens is 2. The Labute approximate surface area is 163 Å². The predicted octanol–water partition coefficient (Wildman–Crippen LogP) is 1.85. The molecule has 144 valence electrons. The molecule has 28 heavy (non-hydrogen) atoms. The van der Waals surface area contributed by atoms with Crippen LogP contribution in [-0.2, 0) is 17.8 Å². The zero-order chi connectivity index (χ0) is 19.3. The van der Waals surface area contributed by atoms with Gasteiger partial charge in [-0.1, -0.05) is 24.3 Å². The number of para-hydroxylation sites is 1. The van der Waals surface area contributed by atoms with Crippen molar-refractivity contribution in [3.05, 3.63) is 70.3 Å². The number of rotatable bonds is 3. The lowest BCUT2D eigenvalue weighted by Gasteiger charge is -2.43. The van der Waals surface area contributed by atoms with Gasteiger partial charge in [-0.25, -0.2) is 0 Å². The summed E-state index contributed by atoms with van der Waals surface area (Å²) in [7, 11) is 0. The molecule has 1 fully saturated rings. The first kappa shape index (κ1) is 17.3. The van der Waals surface area contributed by atoms with Gasteiger partial charge in [-0.2, -0.15) is 0 Å². The molecular formula is C22H24N4O2. The number of amides is 1. The van der Waals surface area contributed by atoms with Crippen molar-refractivity contribution in [3.63, 3.8) is 0 Å². The van der Waals surface area contributed by atoms with Crippen molar-refractivity contribution in [2.24, 2.45) is 11.7 Å². The summed E-state index contributed by atoms with van der Waals surface area (Å²) in [5, 5.41) is 1.12. The second-order valence-corrected chi connectivity index (χ2v) is 8.11. The summed E-state index contributed by atoms with van der Waals surface area (Å²) in [6.45, 7) is 2.00. The summed E-state index contributed by atoms with van der Waals surface area (Å²) in [4.78, 5) is 30.4. The van der Waals surface area contributed by atoms with Crippen LogP contribution in [0.3, 0.4) is 0 Å². The number of carbonyl (C=O) groups excluding carboxylic acids is 1. The number of piperidine rings is 1. The molecule has 0 saturated carbocycles. The molecule has 2 aromatic heterocycles. The number of nitrogens with one attached hydrogen (secondary N) is 1. The molecule has 2 bridgehead atoms. The Hall–Kier alpha value is -2.86. The van der Waals surface area contributed by atoms with Gasteiger partial charge < -0.3 is 20.2 Å². The van der Waals surface area contributed by atoms with E-state index < -0.39 is 6.04 Å². The van der Waals surface area contributed by atoms with Gasteiger partial charge in [0.05, 0.1) is 6.04 Å². The number of aromatic amines is 1. The Kier molecular flexibility index (Phi) is 4.09. The van der Waals surface area contributed by atoms with E-state index in [0.717, 1.165) is 28.6 Å². The number of benzene rings is 1. The fourth-order valence-electron chi connectivity index (χ4n) is 4.94. The Balaban J connectivity index is 1.34. The molecule has 3 atom stereocenters. The summed E-state index contributed by atoms with van der Waals surface area (Å²) < 4.78 is 1.88. The lowest BCUT2D eigenvalue weighted by atomic mass is 9.83. The van der Waals surface area contributed by atoms with E-state index in [1.807, 2.05) is 46.0 Å². The fourth-order valence-corrected chi connectivity index (χ4v) is 4.94. The second-order valence-electron chi connectivity index (χ2n) is 8.11. The molecule has 6 nitrogen and oxygen atoms in total. The van der Waals surface area contributed by atoms with Crippen LogP contribution in [0.2, 0.25) is 0 Å². The molecule has 2 aliphatic heterocycles. The minimum Gasteiger partial charge on any atom is -0.361 e. The normalized spacial score (nSPS) is 22.1. The fraction of sp³-hybridized carbons (Fsp3) is 0.364. The lowest BCUT2D eigenvalue weighted by molar-refractivity contribution is -0.135. The van der Waals surface area contributed by atoms with Gasteiger partial charge in [0, 0.05) is 54.4 Å². The first-order chi connectivity index (χ1) is 13.6. The lowest BCUT2D eigenvalue weighted by Crippen LogP contribution is -2.53. The SMILES string of the molecule is NC(Cc1c[nH]c2ccccc12)C(=O)N1CC2CC(C1)c1cccc(=O)n1C2. The molecule has 1 aromatic carbocycles. The Morgan fingerprint density at radius 1 is 1.14 bits per heavy atom. The maximum atomic E-state index is 13.1. The summed E-state index contributed by atoms with van der Waals surface area (Å²) in [5.41, 5.74) is 9.58. The number of hydrogen-bond acceptors (Lipinski definition) is 3. The van der Waals surface area contributed by atoms with Crippen molar-refractivity contribution < 1.29 is 4.79 Å². The third-order valence-electron chi connectivity index (χ3n) is 6.22. The van der Waals surface area contributed by atoms with Crippen molar-refractivity contribution in [2.45, 2.75) is 31.3 Å². The average molecular weight is 376 g/mol. The van der Waals surface area contributed by atoms with Crippen LogP contribution in [0, 0.1) is 5.92 Å². The van der Waals surface area contributed by atoms with Crippen LogP contribution in [0.15, 0.2) is 53.5 Å². The van der Waals surface area contributed by atoms with Crippen molar-refractivity contribution in [1.29, 1.82) is 0 Å². The predicted molar refractivity (Wildman–Crippen MR) is 108 cm³/mol. The second kappa shape index (κ2) is 6.63. The zero-order valence-electron chi connectivity index (χ0n) is 15.7. The number of nitrogens with two attached hydrogens (primary N) is 1. The van der Waals surface area contributed by atoms with E-state index in [9.17, 15) is 9.59 Å². The number of pyridine rings is 1. The smallest absolute Gasteiger partial charge is 0.250 e. The number of H-pyrrole nitrogens is 1. The topological polar surface area (TPSA) is 84.1 Å². The third-order valence-corrected chi connectivity index (χ3v) is 6.22. The maximum Gasteiger partial charge on any atom is 0.250 e. The van der Waals surface area contributed by atoms with Crippen molar-refractivity contribution >= 4 is 16.8 Å². The van der Waals surface area contributed by atoms with Gasteiger partial charge in [-0.3, -0.25) is 9.59 Å². The van der Waals surface area contributed by atoms with Crippen molar-refractivity contribution in [2.75, 3.05) is 13.1 Å². The minimum absolute atomic E-state index is 0.00621. The summed E-state index contributed by atoms with van der Waals surface area (Å²) in [6.07, 6.45) is 3.50. The molecule has 4 heterocycles. The van der Waals surface area contributed by atoms with Gasteiger partial charge >= 0.3 is 0 Å². The van der Waals surface area contributed by atoms with E-state index >= 15 is 0 Å². The molecule has 3 unspecified atom stereocenters. The van der Waals surface area contributed by atoms with Crippen molar-refractivity contribution in [1.82, 2.24) is 14.5 Å². The van der Waals surface area contributed by atoms with E-state index in [2.05, 4.69) is 11.1 Å². The van der Waals surface area contributed by atoms with E-state index in [4.69, 9.17) is 5.73 Å². The molecule has 6 heteroatoms. The number of hydrogen-bond donors (Lipinski definition) is 2. The molecule has 3 aromatic rings. The molecule has 0 spiro atoms.